The van der Waals surface area contributed by atoms with Crippen molar-refractivity contribution in [3.8, 4) is 22.3 Å². The van der Waals surface area contributed by atoms with Crippen LogP contribution < -0.4 is 0 Å². The molecule has 1 nitrogen and oxygen atoms in total. The molecule has 0 amide bonds. The highest BCUT2D eigenvalue weighted by molar-refractivity contribution is 9.11. The molecular formula is C80H88Br4O. The molecule has 0 heterocycles. The second-order valence-electron chi connectivity index (χ2n) is 30.4. The van der Waals surface area contributed by atoms with E-state index in [2.05, 4.69) is 298 Å². The van der Waals surface area contributed by atoms with Crippen molar-refractivity contribution in [1.29, 1.82) is 0 Å². The molecule has 0 aromatic heterocycles. The normalized spacial score (nSPS) is 19.2. The van der Waals surface area contributed by atoms with Crippen molar-refractivity contribution in [2.75, 3.05) is 0 Å². The highest BCUT2D eigenvalue weighted by atomic mass is 79.9. The Labute approximate surface area is 544 Å². The summed E-state index contributed by atoms with van der Waals surface area (Å²) in [7, 11) is 0. The van der Waals surface area contributed by atoms with Crippen LogP contribution in [0, 0.1) is 21.7 Å². The summed E-state index contributed by atoms with van der Waals surface area (Å²) >= 11 is 15.1. The second kappa shape index (κ2) is 23.2. The molecule has 85 heavy (non-hydrogen) atoms. The van der Waals surface area contributed by atoms with Gasteiger partial charge in [0.25, 0.3) is 0 Å². The number of fused-ring (bicyclic) bond motifs is 7. The van der Waals surface area contributed by atoms with Crippen LogP contribution in [0.4, 0.5) is 0 Å². The molecule has 5 aliphatic carbocycles. The Kier molecular flexibility index (Phi) is 17.0. The smallest absolute Gasteiger partial charge is 0.141 e. The zero-order valence-corrected chi connectivity index (χ0v) is 59.2. The van der Waals surface area contributed by atoms with E-state index in [1.165, 1.54) is 105 Å². The number of rotatable bonds is 10. The molecule has 4 unspecified atom stereocenters. The third kappa shape index (κ3) is 12.2. The predicted molar refractivity (Wildman–Crippen MR) is 375 cm³/mol. The van der Waals surface area contributed by atoms with Gasteiger partial charge in [-0.1, -0.05) is 264 Å². The zero-order valence-electron chi connectivity index (χ0n) is 52.9. The zero-order chi connectivity index (χ0) is 60.9. The molecule has 4 atom stereocenters. The summed E-state index contributed by atoms with van der Waals surface area (Å²) in [5.41, 5.74) is 24.6. The fourth-order valence-corrected chi connectivity index (χ4v) is 16.9. The molecule has 13 rings (SSSR count). The van der Waals surface area contributed by atoms with Gasteiger partial charge in [0.2, 0.25) is 0 Å². The molecule has 0 radical (unpaired) electrons. The Balaban J connectivity index is 0.000000172. The first-order chi connectivity index (χ1) is 40.0. The van der Waals surface area contributed by atoms with Crippen molar-refractivity contribution in [1.82, 2.24) is 0 Å². The van der Waals surface area contributed by atoms with Crippen LogP contribution in [0.15, 0.2) is 170 Å². The third-order valence-corrected chi connectivity index (χ3v) is 20.9. The maximum absolute atomic E-state index is 13.2. The van der Waals surface area contributed by atoms with E-state index < -0.39 is 5.60 Å². The summed E-state index contributed by atoms with van der Waals surface area (Å²) in [4.78, 5) is 0. The lowest BCUT2D eigenvalue weighted by Crippen LogP contribution is -2.32. The highest BCUT2D eigenvalue weighted by Gasteiger charge is 2.49. The summed E-state index contributed by atoms with van der Waals surface area (Å²) in [6, 6.07) is 56.9. The van der Waals surface area contributed by atoms with Gasteiger partial charge in [-0.25, -0.2) is 0 Å². The molecule has 0 aliphatic heterocycles. The van der Waals surface area contributed by atoms with Crippen LogP contribution in [0.3, 0.4) is 0 Å². The van der Waals surface area contributed by atoms with Gasteiger partial charge in [0, 0.05) is 23.5 Å². The van der Waals surface area contributed by atoms with Gasteiger partial charge in [-0.2, -0.15) is 0 Å². The summed E-state index contributed by atoms with van der Waals surface area (Å²) in [6.45, 7) is 32.2. The summed E-state index contributed by atoms with van der Waals surface area (Å²) in [6.07, 6.45) is 9.39. The van der Waals surface area contributed by atoms with Gasteiger partial charge in [0.05, 0.1) is 5.41 Å². The number of aliphatic hydroxyl groups is 1. The van der Waals surface area contributed by atoms with Crippen LogP contribution in [0.2, 0.25) is 0 Å². The summed E-state index contributed by atoms with van der Waals surface area (Å²) in [5, 5.41) is 13.2. The standard InChI is InChI=1S/C39H42Br2O.C39H40Br2.C2H6/c1-37(2,3)22-27-17-25-19-29(9-14-33(25)27)39(42,30-10-15-34-26(20-30)18-28(34)23-38(4,5)6)36-21-32(41)13-16-35(36)24-7-11-31(40)12-8-24;1-37(2,3)21-25-15-23-17-27(7-11-31(23)25)39(28-8-12-32-24(18-28)16-26(32)22-38(4,5)6)35-19-29(40)9-13-33(35)34-14-10-30(41)20-36(34)39;1-2/h7-16,19-21,27-28,42H,17-18,22-23H2,1-6H3;7-14,17-20,25-26H,15-16,21-22H2,1-6H3;1-2H3. The number of hydrogen-bond donors (Lipinski definition) is 1. The van der Waals surface area contributed by atoms with Crippen LogP contribution >= 0.6 is 63.7 Å². The van der Waals surface area contributed by atoms with E-state index in [1.807, 2.05) is 13.8 Å². The van der Waals surface area contributed by atoms with E-state index in [0.717, 1.165) is 58.5 Å². The number of benzene rings is 8. The lowest BCUT2D eigenvalue weighted by Gasteiger charge is -2.40. The largest absolute Gasteiger partial charge is 0.376 e. The van der Waals surface area contributed by atoms with E-state index in [9.17, 15) is 5.11 Å². The quantitative estimate of drug-likeness (QED) is 0.135. The van der Waals surface area contributed by atoms with E-state index in [-0.39, 0.29) is 5.41 Å². The van der Waals surface area contributed by atoms with Gasteiger partial charge in [-0.05, 0) is 245 Å². The Hall–Kier alpha value is -4.36. The van der Waals surface area contributed by atoms with Crippen LogP contribution in [-0.2, 0) is 36.7 Å². The molecule has 0 saturated heterocycles. The van der Waals surface area contributed by atoms with Gasteiger partial charge in [-0.15, -0.1) is 0 Å². The lowest BCUT2D eigenvalue weighted by atomic mass is 9.62. The van der Waals surface area contributed by atoms with Crippen molar-refractivity contribution < 1.29 is 5.11 Å². The molecule has 0 fully saturated rings. The average molecular weight is 1390 g/mol. The minimum absolute atomic E-state index is 0.300. The Morgan fingerprint density at radius 1 is 0.365 bits per heavy atom. The van der Waals surface area contributed by atoms with Crippen molar-refractivity contribution in [2.45, 2.75) is 183 Å². The Morgan fingerprint density at radius 3 is 1.02 bits per heavy atom. The molecule has 8 aromatic rings. The maximum atomic E-state index is 13.2. The molecule has 0 spiro atoms. The molecule has 1 N–H and O–H groups in total. The number of hydrogen-bond acceptors (Lipinski definition) is 1. The minimum atomic E-state index is -1.31. The van der Waals surface area contributed by atoms with Gasteiger partial charge >= 0.3 is 0 Å². The highest BCUT2D eigenvalue weighted by Crippen LogP contribution is 2.60. The van der Waals surface area contributed by atoms with E-state index in [0.29, 0.717) is 45.3 Å². The van der Waals surface area contributed by atoms with Crippen LogP contribution in [0.1, 0.15) is 230 Å². The van der Waals surface area contributed by atoms with Gasteiger partial charge < -0.3 is 5.11 Å². The first-order valence-corrected chi connectivity index (χ1v) is 34.6. The molecule has 0 saturated carbocycles. The van der Waals surface area contributed by atoms with Crippen LogP contribution in [-0.4, -0.2) is 5.11 Å². The fourth-order valence-electron chi connectivity index (χ4n) is 15.5. The molecule has 0 bridgehead atoms. The molecule has 8 aromatic carbocycles. The Morgan fingerprint density at radius 2 is 0.682 bits per heavy atom. The first-order valence-electron chi connectivity index (χ1n) is 31.5. The van der Waals surface area contributed by atoms with Crippen LogP contribution in [0.25, 0.3) is 22.3 Å². The van der Waals surface area contributed by atoms with Crippen molar-refractivity contribution in [2.24, 2.45) is 21.7 Å². The third-order valence-electron chi connectivity index (χ3n) is 18.9. The van der Waals surface area contributed by atoms with Gasteiger partial charge in [0.15, 0.2) is 0 Å². The molecular weight excluding hydrogens is 1300 g/mol. The average Bonchev–Trinajstić information content (AvgIpc) is 1.63. The maximum Gasteiger partial charge on any atom is 0.141 e. The van der Waals surface area contributed by atoms with Crippen molar-refractivity contribution >= 4 is 63.7 Å². The van der Waals surface area contributed by atoms with E-state index in [4.69, 9.17) is 0 Å². The van der Waals surface area contributed by atoms with Crippen molar-refractivity contribution in [3.63, 3.8) is 0 Å². The van der Waals surface area contributed by atoms with E-state index in [1.54, 1.807) is 11.1 Å². The fraction of sp³-hybridized carbons (Fsp3) is 0.400. The predicted octanol–water partition coefficient (Wildman–Crippen LogP) is 24.1. The lowest BCUT2D eigenvalue weighted by molar-refractivity contribution is 0.125. The first kappa shape index (κ1) is 62.3. The number of halogens is 4. The second-order valence-corrected chi connectivity index (χ2v) is 34.0. The minimum Gasteiger partial charge on any atom is -0.376 e. The SMILES string of the molecule is CC.CC(C)(C)CC1Cc2cc(C(O)(c3ccc4c(c3)CC4CC(C)(C)C)c3cc(Br)ccc3-c3ccc(Br)cc3)ccc21.CC(C)(C)CC1Cc2cc(C3(c4ccc5c(c4)CC5CC(C)(C)C)c4cc(Br)ccc4-c4ccc(Br)cc43)ccc21. The molecule has 5 heteroatoms. The van der Waals surface area contributed by atoms with Gasteiger partial charge in [-0.3, -0.25) is 0 Å². The van der Waals surface area contributed by atoms with Gasteiger partial charge in [0.1, 0.15) is 5.60 Å². The van der Waals surface area contributed by atoms with Crippen LogP contribution in [0.5, 0.6) is 0 Å². The summed E-state index contributed by atoms with van der Waals surface area (Å²) < 4.78 is 4.27. The summed E-state index contributed by atoms with van der Waals surface area (Å²) in [5.74, 6) is 2.56. The monoisotopic (exact) mass is 1380 g/mol. The molecule has 442 valence electrons. The topological polar surface area (TPSA) is 20.2 Å². The molecule has 5 aliphatic rings. The van der Waals surface area contributed by atoms with E-state index >= 15 is 0 Å². The Bertz CT molecular complexity index is 3630. The van der Waals surface area contributed by atoms with Crippen molar-refractivity contribution in [3.05, 3.63) is 253 Å².